The molecule has 7 heavy (non-hydrogen) atoms. The second-order valence-electron chi connectivity index (χ2n) is 1.12. The average Bonchev–Trinajstić information content (AvgIpc) is 1.65. The van der Waals surface area contributed by atoms with Crippen LogP contribution in [-0.4, -0.2) is 11.3 Å². The first-order valence-corrected chi connectivity index (χ1v) is 2.53. The maximum Gasteiger partial charge on any atom is 0.163 e. The van der Waals surface area contributed by atoms with E-state index in [1.165, 1.54) is 0 Å². The first-order valence-electron chi connectivity index (χ1n) is 1.74. The smallest absolute Gasteiger partial charge is 0.163 e. The molecule has 0 heterocycles. The molecule has 0 atom stereocenters. The van der Waals surface area contributed by atoms with Crippen molar-refractivity contribution in [3.63, 3.8) is 0 Å². The van der Waals surface area contributed by atoms with Gasteiger partial charge in [0.15, 0.2) is 4.67 Å². The molecule has 0 bridgehead atoms. The van der Waals surface area contributed by atoms with Crippen LogP contribution in [0.4, 0.5) is 0 Å². The van der Waals surface area contributed by atoms with Gasteiger partial charge in [0.25, 0.3) is 0 Å². The molecule has 0 aromatic rings. The fraction of sp³-hybridized carbons (Fsp3) is 0.250. The van der Waals surface area contributed by atoms with E-state index in [4.69, 9.17) is 10.5 Å². The lowest BCUT2D eigenvalue weighted by molar-refractivity contribution is 0.457. The predicted octanol–water partition coefficient (Wildman–Crippen LogP) is 1.82. The van der Waals surface area contributed by atoms with Crippen LogP contribution >= 0.6 is 15.9 Å². The van der Waals surface area contributed by atoms with Gasteiger partial charge in [-0.2, -0.15) is 0 Å². The second-order valence-corrected chi connectivity index (χ2v) is 1.87. The highest BCUT2D eigenvalue weighted by Crippen LogP contribution is 2.03. The van der Waals surface area contributed by atoms with Crippen molar-refractivity contribution < 1.29 is 5.11 Å². The van der Waals surface area contributed by atoms with Crippen LogP contribution in [0.1, 0.15) is 6.92 Å². The van der Waals surface area contributed by atoms with Crippen molar-refractivity contribution in [3.8, 4) is 0 Å². The fourth-order valence-electron chi connectivity index (χ4n) is 0.0596. The van der Waals surface area contributed by atoms with Gasteiger partial charge in [0.1, 0.15) is 0 Å². The first kappa shape index (κ1) is 6.69. The standard InChI is InChI=1S/C4H6BrNO/c1-3(2-6)4(5)7/h2,6-7H,1H3/b4-3-,6-2?. The molecule has 0 amide bonds. The summed E-state index contributed by atoms with van der Waals surface area (Å²) in [7, 11) is 0. The van der Waals surface area contributed by atoms with Gasteiger partial charge in [0.2, 0.25) is 0 Å². The number of hydrogen-bond acceptors (Lipinski definition) is 2. The zero-order valence-electron chi connectivity index (χ0n) is 3.90. The number of aliphatic hydroxyl groups is 1. The Morgan fingerprint density at radius 2 is 2.29 bits per heavy atom. The molecule has 0 saturated carbocycles. The van der Waals surface area contributed by atoms with Crippen molar-refractivity contribution in [1.82, 2.24) is 0 Å². The monoisotopic (exact) mass is 163 g/mol. The summed E-state index contributed by atoms with van der Waals surface area (Å²) in [6.45, 7) is 1.64. The Labute approximate surface area is 50.5 Å². The van der Waals surface area contributed by atoms with Crippen LogP contribution in [-0.2, 0) is 0 Å². The second kappa shape index (κ2) is 2.80. The molecule has 3 heteroatoms. The fourth-order valence-corrected chi connectivity index (χ4v) is 0.174. The Morgan fingerprint density at radius 3 is 2.29 bits per heavy atom. The lowest BCUT2D eigenvalue weighted by atomic mass is 10.4. The number of aliphatic hydroxyl groups excluding tert-OH is 1. The third kappa shape index (κ3) is 2.39. The quantitative estimate of drug-likeness (QED) is 0.450. The van der Waals surface area contributed by atoms with Gasteiger partial charge in [-0.15, -0.1) is 0 Å². The molecule has 0 spiro atoms. The molecular weight excluding hydrogens is 158 g/mol. The molecule has 2 nitrogen and oxygen atoms in total. The van der Waals surface area contributed by atoms with E-state index < -0.39 is 0 Å². The summed E-state index contributed by atoms with van der Waals surface area (Å²) in [5.74, 6) is 0. The number of halogens is 1. The van der Waals surface area contributed by atoms with Crippen molar-refractivity contribution in [2.24, 2.45) is 0 Å². The number of rotatable bonds is 1. The highest BCUT2D eigenvalue weighted by molar-refractivity contribution is 9.11. The van der Waals surface area contributed by atoms with E-state index in [2.05, 4.69) is 15.9 Å². The zero-order valence-corrected chi connectivity index (χ0v) is 5.49. The molecule has 2 N–H and O–H groups in total. The van der Waals surface area contributed by atoms with E-state index in [1.54, 1.807) is 6.92 Å². The van der Waals surface area contributed by atoms with Crippen molar-refractivity contribution in [2.75, 3.05) is 0 Å². The zero-order chi connectivity index (χ0) is 5.86. The van der Waals surface area contributed by atoms with Crippen molar-refractivity contribution in [2.45, 2.75) is 6.92 Å². The maximum absolute atomic E-state index is 8.47. The lowest BCUT2D eigenvalue weighted by Gasteiger charge is -1.85. The molecule has 0 saturated heterocycles. The highest BCUT2D eigenvalue weighted by atomic mass is 79.9. The normalized spacial score (nSPS) is 12.9. The summed E-state index contributed by atoms with van der Waals surface area (Å²) >= 11 is 2.78. The number of nitrogens with one attached hydrogen (secondary N) is 1. The van der Waals surface area contributed by atoms with Crippen LogP contribution in [0.25, 0.3) is 0 Å². The van der Waals surface area contributed by atoms with E-state index in [0.29, 0.717) is 5.57 Å². The summed E-state index contributed by atoms with van der Waals surface area (Å²) in [5.41, 5.74) is 0.528. The van der Waals surface area contributed by atoms with E-state index in [0.717, 1.165) is 6.21 Å². The minimum atomic E-state index is 0.0301. The molecule has 0 aliphatic rings. The van der Waals surface area contributed by atoms with E-state index in [1.807, 2.05) is 0 Å². The molecular formula is C4H6BrNO. The van der Waals surface area contributed by atoms with Crippen molar-refractivity contribution >= 4 is 22.1 Å². The van der Waals surface area contributed by atoms with Crippen LogP contribution in [0.15, 0.2) is 10.2 Å². The van der Waals surface area contributed by atoms with Gasteiger partial charge in [-0.3, -0.25) is 0 Å². The molecule has 0 aliphatic carbocycles. The van der Waals surface area contributed by atoms with Crippen LogP contribution in [0, 0.1) is 5.41 Å². The lowest BCUT2D eigenvalue weighted by Crippen LogP contribution is -1.77. The van der Waals surface area contributed by atoms with E-state index in [9.17, 15) is 0 Å². The SMILES string of the molecule is C/C(C=N)=C(/O)Br. The van der Waals surface area contributed by atoms with Gasteiger partial charge in [0, 0.05) is 11.8 Å². The van der Waals surface area contributed by atoms with Crippen molar-refractivity contribution in [1.29, 1.82) is 5.41 Å². The van der Waals surface area contributed by atoms with Gasteiger partial charge in [-0.25, -0.2) is 0 Å². The minimum absolute atomic E-state index is 0.0301. The van der Waals surface area contributed by atoms with E-state index in [-0.39, 0.29) is 4.67 Å². The summed E-state index contributed by atoms with van der Waals surface area (Å²) < 4.78 is 0.0301. The van der Waals surface area contributed by atoms with Crippen LogP contribution in [0.3, 0.4) is 0 Å². The maximum atomic E-state index is 8.47. The third-order valence-electron chi connectivity index (χ3n) is 0.542. The summed E-state index contributed by atoms with van der Waals surface area (Å²) in [6, 6.07) is 0. The van der Waals surface area contributed by atoms with Crippen molar-refractivity contribution in [3.05, 3.63) is 10.2 Å². The minimum Gasteiger partial charge on any atom is -0.502 e. The topological polar surface area (TPSA) is 44.1 Å². The summed E-state index contributed by atoms with van der Waals surface area (Å²) in [5, 5.41) is 15.0. The van der Waals surface area contributed by atoms with E-state index >= 15 is 0 Å². The Balaban J connectivity index is 3.98. The summed E-state index contributed by atoms with van der Waals surface area (Å²) in [6.07, 6.45) is 1.07. The van der Waals surface area contributed by atoms with Gasteiger partial charge in [-0.05, 0) is 22.9 Å². The van der Waals surface area contributed by atoms with Gasteiger partial charge < -0.3 is 10.5 Å². The predicted molar refractivity (Wildman–Crippen MR) is 33.0 cm³/mol. The van der Waals surface area contributed by atoms with Gasteiger partial charge in [-0.1, -0.05) is 0 Å². The molecule has 40 valence electrons. The molecule has 0 aromatic carbocycles. The number of hydrogen-bond donors (Lipinski definition) is 2. The molecule has 0 aromatic heterocycles. The molecule has 0 aliphatic heterocycles. The van der Waals surface area contributed by atoms with Gasteiger partial charge >= 0.3 is 0 Å². The third-order valence-corrected chi connectivity index (χ3v) is 1.17. The number of allylic oxidation sites excluding steroid dienone is 1. The first-order chi connectivity index (χ1) is 3.18. The highest BCUT2D eigenvalue weighted by Gasteiger charge is 1.86. The average molecular weight is 164 g/mol. The Kier molecular flexibility index (Phi) is 2.67. The Morgan fingerprint density at radius 1 is 1.86 bits per heavy atom. The Hall–Kier alpha value is -0.310. The molecule has 0 rings (SSSR count). The van der Waals surface area contributed by atoms with Crippen LogP contribution in [0.5, 0.6) is 0 Å². The van der Waals surface area contributed by atoms with Crippen LogP contribution in [0.2, 0.25) is 0 Å². The molecule has 0 unspecified atom stereocenters. The van der Waals surface area contributed by atoms with Crippen LogP contribution < -0.4 is 0 Å². The van der Waals surface area contributed by atoms with Gasteiger partial charge in [0.05, 0.1) is 0 Å². The molecule has 0 fully saturated rings. The summed E-state index contributed by atoms with van der Waals surface area (Å²) in [4.78, 5) is 0. The largest absolute Gasteiger partial charge is 0.502 e. The molecule has 0 radical (unpaired) electrons. The Bertz CT molecular complexity index is 104.